The van der Waals surface area contributed by atoms with Crippen LogP contribution in [0.4, 0.5) is 0 Å². The molecule has 2 aromatic carbocycles. The van der Waals surface area contributed by atoms with Crippen molar-refractivity contribution in [2.75, 3.05) is 13.2 Å². The van der Waals surface area contributed by atoms with E-state index in [9.17, 15) is 4.79 Å². The van der Waals surface area contributed by atoms with Crippen LogP contribution in [-0.4, -0.2) is 39.0 Å². The summed E-state index contributed by atoms with van der Waals surface area (Å²) in [5.41, 5.74) is 4.30. The Hall–Kier alpha value is -2.82. The van der Waals surface area contributed by atoms with E-state index in [0.717, 1.165) is 42.1 Å². The first-order chi connectivity index (χ1) is 14.8. The molecule has 164 valence electrons. The van der Waals surface area contributed by atoms with Gasteiger partial charge in [0.25, 0.3) is 0 Å². The average Bonchev–Trinajstić information content (AvgIpc) is 3.27. The van der Waals surface area contributed by atoms with Crippen LogP contribution >= 0.6 is 0 Å². The predicted molar refractivity (Wildman–Crippen MR) is 125 cm³/mol. The topological polar surface area (TPSA) is 47.4 Å². The van der Waals surface area contributed by atoms with Crippen molar-refractivity contribution < 1.29 is 9.53 Å². The summed E-state index contributed by atoms with van der Waals surface area (Å²) < 4.78 is 8.43. The van der Waals surface area contributed by atoms with Crippen LogP contribution in [0.2, 0.25) is 0 Å². The molecule has 0 bridgehead atoms. The highest BCUT2D eigenvalue weighted by molar-refractivity contribution is 5.81. The Balaban J connectivity index is 1.53. The van der Waals surface area contributed by atoms with E-state index >= 15 is 0 Å². The van der Waals surface area contributed by atoms with Crippen LogP contribution in [-0.2, 0) is 11.3 Å². The van der Waals surface area contributed by atoms with Crippen molar-refractivity contribution in [3.63, 3.8) is 0 Å². The van der Waals surface area contributed by atoms with Crippen molar-refractivity contribution >= 4 is 16.9 Å². The molecule has 2 heterocycles. The first kappa shape index (κ1) is 21.4. The Bertz CT molecular complexity index is 1070. The molecule has 1 saturated heterocycles. The lowest BCUT2D eigenvalue weighted by Crippen LogP contribution is -2.42. The van der Waals surface area contributed by atoms with Crippen LogP contribution in [0.3, 0.4) is 0 Å². The molecule has 3 aromatic rings. The normalized spacial score (nSPS) is 17.0. The Morgan fingerprint density at radius 3 is 2.45 bits per heavy atom. The number of ether oxygens (including phenoxy) is 1. The summed E-state index contributed by atoms with van der Waals surface area (Å²) in [6.07, 6.45) is 1.41. The maximum Gasteiger partial charge on any atom is 0.223 e. The highest BCUT2D eigenvalue weighted by Crippen LogP contribution is 2.34. The second-order valence-electron chi connectivity index (χ2n) is 9.61. The molecule has 1 aromatic heterocycles. The number of carbonyl (C=O) groups is 1. The monoisotopic (exact) mass is 419 g/mol. The molecule has 0 saturated carbocycles. The second-order valence-corrected chi connectivity index (χ2v) is 9.61. The molecule has 1 aliphatic rings. The third-order valence-electron chi connectivity index (χ3n) is 6.17. The number of rotatable bonds is 6. The lowest BCUT2D eigenvalue weighted by atomic mass is 10.1. The van der Waals surface area contributed by atoms with Gasteiger partial charge in [0, 0.05) is 31.0 Å². The van der Waals surface area contributed by atoms with Crippen molar-refractivity contribution in [1.82, 2.24) is 14.5 Å². The molecule has 0 unspecified atom stereocenters. The van der Waals surface area contributed by atoms with Crippen LogP contribution in [0.15, 0.2) is 42.5 Å². The van der Waals surface area contributed by atoms with E-state index in [1.54, 1.807) is 0 Å². The minimum Gasteiger partial charge on any atom is -0.493 e. The van der Waals surface area contributed by atoms with Gasteiger partial charge >= 0.3 is 0 Å². The van der Waals surface area contributed by atoms with Crippen LogP contribution in [0.25, 0.3) is 11.0 Å². The van der Waals surface area contributed by atoms with Crippen LogP contribution in [0, 0.1) is 13.8 Å². The van der Waals surface area contributed by atoms with E-state index in [1.807, 2.05) is 11.0 Å². The van der Waals surface area contributed by atoms with Crippen LogP contribution in [0.5, 0.6) is 5.75 Å². The summed E-state index contributed by atoms with van der Waals surface area (Å²) >= 11 is 0. The van der Waals surface area contributed by atoms with Crippen molar-refractivity contribution in [2.24, 2.45) is 0 Å². The van der Waals surface area contributed by atoms with E-state index in [0.29, 0.717) is 13.0 Å². The molecule has 1 amide bonds. The summed E-state index contributed by atoms with van der Waals surface area (Å²) in [5, 5.41) is 0. The van der Waals surface area contributed by atoms with Crippen LogP contribution in [0.1, 0.15) is 56.5 Å². The zero-order chi connectivity index (χ0) is 22.2. The molecule has 31 heavy (non-hydrogen) atoms. The average molecular weight is 420 g/mol. The van der Waals surface area contributed by atoms with Gasteiger partial charge in [-0.05, 0) is 64.3 Å². The number of aryl methyl sites for hydroxylation is 3. The van der Waals surface area contributed by atoms with Gasteiger partial charge in [-0.3, -0.25) is 4.79 Å². The number of imidazole rings is 1. The molecule has 0 aliphatic carbocycles. The third kappa shape index (κ3) is 4.32. The number of hydrogen-bond acceptors (Lipinski definition) is 3. The molecular weight excluding hydrogens is 386 g/mol. The minimum atomic E-state index is -0.165. The zero-order valence-electron chi connectivity index (χ0n) is 19.3. The lowest BCUT2D eigenvalue weighted by Gasteiger charge is -2.32. The largest absolute Gasteiger partial charge is 0.493 e. The van der Waals surface area contributed by atoms with E-state index in [-0.39, 0.29) is 17.4 Å². The summed E-state index contributed by atoms with van der Waals surface area (Å²) in [5.74, 6) is 2.35. The number of hydrogen-bond donors (Lipinski definition) is 0. The van der Waals surface area contributed by atoms with E-state index in [1.165, 1.54) is 11.1 Å². The first-order valence-electron chi connectivity index (χ1n) is 11.2. The summed E-state index contributed by atoms with van der Waals surface area (Å²) in [4.78, 5) is 19.6. The Morgan fingerprint density at radius 1 is 1.06 bits per heavy atom. The fraction of sp³-hybridized carbons (Fsp3) is 0.462. The molecule has 1 atom stereocenters. The van der Waals surface area contributed by atoms with E-state index < -0.39 is 0 Å². The number of likely N-dealkylation sites (tertiary alicyclic amines) is 1. The van der Waals surface area contributed by atoms with Gasteiger partial charge in [0.1, 0.15) is 11.6 Å². The van der Waals surface area contributed by atoms with Crippen molar-refractivity contribution in [2.45, 2.75) is 65.5 Å². The van der Waals surface area contributed by atoms with Gasteiger partial charge in [0.2, 0.25) is 5.91 Å². The standard InChI is InChI=1S/C26H33N3O2/c1-18-10-8-11-19(2)24(18)31-15-9-14-28-22-13-7-6-12-21(22)27-25(28)20-16-23(30)29(17-20)26(3,4)5/h6-8,10-13,20H,9,14-17H2,1-5H3/t20-/m0/s1. The van der Waals surface area contributed by atoms with Gasteiger partial charge in [-0.25, -0.2) is 4.98 Å². The molecule has 0 N–H and O–H groups in total. The number of carbonyl (C=O) groups excluding carboxylic acids is 1. The molecule has 1 aliphatic heterocycles. The number of amides is 1. The number of nitrogens with zero attached hydrogens (tertiary/aromatic N) is 3. The second kappa shape index (κ2) is 8.37. The number of para-hydroxylation sites is 3. The lowest BCUT2D eigenvalue weighted by molar-refractivity contribution is -0.131. The molecule has 1 fully saturated rings. The highest BCUT2D eigenvalue weighted by atomic mass is 16.5. The van der Waals surface area contributed by atoms with Crippen molar-refractivity contribution in [1.29, 1.82) is 0 Å². The third-order valence-corrected chi connectivity index (χ3v) is 6.17. The fourth-order valence-electron chi connectivity index (χ4n) is 4.59. The van der Waals surface area contributed by atoms with Gasteiger partial charge < -0.3 is 14.2 Å². The maximum atomic E-state index is 12.7. The Kier molecular flexibility index (Phi) is 5.78. The zero-order valence-corrected chi connectivity index (χ0v) is 19.3. The summed E-state index contributed by atoms with van der Waals surface area (Å²) in [6, 6.07) is 14.5. The predicted octanol–water partition coefficient (Wildman–Crippen LogP) is 5.24. The molecule has 5 nitrogen and oxygen atoms in total. The SMILES string of the molecule is Cc1cccc(C)c1OCCCn1c([C@H]2CC(=O)N(C(C)(C)C)C2)nc2ccccc21. The van der Waals surface area contributed by atoms with Gasteiger partial charge in [0.05, 0.1) is 17.6 Å². The highest BCUT2D eigenvalue weighted by Gasteiger charge is 2.38. The molecule has 0 radical (unpaired) electrons. The summed E-state index contributed by atoms with van der Waals surface area (Å²) in [6.45, 7) is 12.7. The van der Waals surface area contributed by atoms with E-state index in [2.05, 4.69) is 75.6 Å². The van der Waals surface area contributed by atoms with E-state index in [4.69, 9.17) is 9.72 Å². The maximum absolute atomic E-state index is 12.7. The number of benzene rings is 2. The Morgan fingerprint density at radius 2 is 1.77 bits per heavy atom. The first-order valence-corrected chi connectivity index (χ1v) is 11.2. The molecule has 4 rings (SSSR count). The number of fused-ring (bicyclic) bond motifs is 1. The van der Waals surface area contributed by atoms with Crippen molar-refractivity contribution in [3.8, 4) is 5.75 Å². The van der Waals surface area contributed by atoms with Gasteiger partial charge in [-0.2, -0.15) is 0 Å². The summed E-state index contributed by atoms with van der Waals surface area (Å²) in [7, 11) is 0. The van der Waals surface area contributed by atoms with Gasteiger partial charge in [-0.1, -0.05) is 30.3 Å². The quantitative estimate of drug-likeness (QED) is 0.514. The minimum absolute atomic E-state index is 0.124. The Labute approximate surface area is 185 Å². The fourth-order valence-corrected chi connectivity index (χ4v) is 4.59. The number of aromatic nitrogens is 2. The van der Waals surface area contributed by atoms with Gasteiger partial charge in [0.15, 0.2) is 0 Å². The smallest absolute Gasteiger partial charge is 0.223 e. The van der Waals surface area contributed by atoms with Gasteiger partial charge in [-0.15, -0.1) is 0 Å². The molecular formula is C26H33N3O2. The van der Waals surface area contributed by atoms with Crippen molar-refractivity contribution in [3.05, 3.63) is 59.4 Å². The van der Waals surface area contributed by atoms with Crippen LogP contribution < -0.4 is 4.74 Å². The molecule has 0 spiro atoms. The molecule has 5 heteroatoms.